The van der Waals surface area contributed by atoms with Gasteiger partial charge in [0.1, 0.15) is 10.6 Å². The summed E-state index contributed by atoms with van der Waals surface area (Å²) in [5.41, 5.74) is 1.06. The summed E-state index contributed by atoms with van der Waals surface area (Å²) in [7, 11) is -2.11. The van der Waals surface area contributed by atoms with Crippen LogP contribution in [0.5, 0.6) is 0 Å². The van der Waals surface area contributed by atoms with Crippen LogP contribution in [0.15, 0.2) is 21.7 Å². The topological polar surface area (TPSA) is 81.2 Å². The van der Waals surface area contributed by atoms with Gasteiger partial charge in [0, 0.05) is 19.3 Å². The lowest BCUT2D eigenvalue weighted by atomic mass is 10.4. The van der Waals surface area contributed by atoms with Gasteiger partial charge in [-0.3, -0.25) is 4.68 Å². The van der Waals surface area contributed by atoms with Crippen LogP contribution >= 0.6 is 0 Å². The Balaban J connectivity index is 2.24. The summed E-state index contributed by atoms with van der Waals surface area (Å²) >= 11 is 0. The van der Waals surface area contributed by atoms with Crippen LogP contribution in [-0.4, -0.2) is 34.7 Å². The third kappa shape index (κ3) is 3.01. The molecule has 0 aliphatic heterocycles. The Bertz CT molecular complexity index is 711. The molecule has 2 heterocycles. The zero-order valence-electron chi connectivity index (χ0n) is 12.9. The molecule has 0 fully saturated rings. The standard InChI is InChI=1S/C13H20N4O3S/c1-9(2)17-7-6-12(14-17)8-16(5)21(18,19)13-10(3)15-20-11(13)4/h6-7,9H,8H2,1-5H3. The van der Waals surface area contributed by atoms with Crippen molar-refractivity contribution in [3.05, 3.63) is 29.4 Å². The smallest absolute Gasteiger partial charge is 0.248 e. The van der Waals surface area contributed by atoms with Crippen molar-refractivity contribution in [1.82, 2.24) is 19.2 Å². The van der Waals surface area contributed by atoms with Gasteiger partial charge in [-0.25, -0.2) is 8.42 Å². The lowest BCUT2D eigenvalue weighted by molar-refractivity contribution is 0.389. The van der Waals surface area contributed by atoms with E-state index < -0.39 is 10.0 Å². The van der Waals surface area contributed by atoms with Gasteiger partial charge in [-0.05, 0) is 33.8 Å². The van der Waals surface area contributed by atoms with Gasteiger partial charge >= 0.3 is 0 Å². The predicted molar refractivity (Wildman–Crippen MR) is 77.2 cm³/mol. The van der Waals surface area contributed by atoms with Gasteiger partial charge < -0.3 is 4.52 Å². The molecule has 0 aromatic carbocycles. The molecule has 0 atom stereocenters. The number of hydrogen-bond acceptors (Lipinski definition) is 5. The molecule has 2 rings (SSSR count). The van der Waals surface area contributed by atoms with Gasteiger partial charge in [-0.2, -0.15) is 9.40 Å². The number of aryl methyl sites for hydroxylation is 2. The van der Waals surface area contributed by atoms with E-state index >= 15 is 0 Å². The van der Waals surface area contributed by atoms with E-state index in [1.807, 2.05) is 26.1 Å². The molecule has 0 radical (unpaired) electrons. The number of rotatable bonds is 5. The van der Waals surface area contributed by atoms with Crippen molar-refractivity contribution in [3.8, 4) is 0 Å². The maximum absolute atomic E-state index is 12.6. The molecule has 0 amide bonds. The van der Waals surface area contributed by atoms with Gasteiger partial charge in [0.05, 0.1) is 12.2 Å². The first-order valence-corrected chi connectivity index (χ1v) is 8.10. The van der Waals surface area contributed by atoms with Gasteiger partial charge in [-0.1, -0.05) is 5.16 Å². The summed E-state index contributed by atoms with van der Waals surface area (Å²) in [6.45, 7) is 7.44. The Morgan fingerprint density at radius 3 is 2.52 bits per heavy atom. The molecular weight excluding hydrogens is 292 g/mol. The van der Waals surface area contributed by atoms with Crippen LogP contribution in [0.2, 0.25) is 0 Å². The molecule has 0 N–H and O–H groups in total. The Kier molecular flexibility index (Phi) is 4.20. The van der Waals surface area contributed by atoms with E-state index in [0.29, 0.717) is 17.1 Å². The van der Waals surface area contributed by atoms with Gasteiger partial charge in [0.25, 0.3) is 0 Å². The van der Waals surface area contributed by atoms with E-state index in [4.69, 9.17) is 4.52 Å². The first-order valence-electron chi connectivity index (χ1n) is 6.66. The molecule has 0 bridgehead atoms. The highest BCUT2D eigenvalue weighted by Crippen LogP contribution is 2.23. The van der Waals surface area contributed by atoms with Gasteiger partial charge in [0.2, 0.25) is 10.0 Å². The quantitative estimate of drug-likeness (QED) is 0.842. The maximum Gasteiger partial charge on any atom is 0.248 e. The monoisotopic (exact) mass is 312 g/mol. The van der Waals surface area contributed by atoms with E-state index in [0.717, 1.165) is 0 Å². The SMILES string of the molecule is Cc1noc(C)c1S(=O)(=O)N(C)Cc1ccn(C(C)C)n1. The largest absolute Gasteiger partial charge is 0.360 e. The molecule has 7 nitrogen and oxygen atoms in total. The van der Waals surface area contributed by atoms with E-state index in [2.05, 4.69) is 10.3 Å². The third-order valence-corrected chi connectivity index (χ3v) is 5.26. The molecule has 0 saturated carbocycles. The van der Waals surface area contributed by atoms with Gasteiger partial charge in [0.15, 0.2) is 5.76 Å². The first kappa shape index (κ1) is 15.7. The normalized spacial score (nSPS) is 12.5. The van der Waals surface area contributed by atoms with Crippen LogP contribution in [0.3, 0.4) is 0 Å². The molecule has 0 aliphatic rings. The van der Waals surface area contributed by atoms with E-state index in [1.54, 1.807) is 18.5 Å². The molecular formula is C13H20N4O3S. The summed E-state index contributed by atoms with van der Waals surface area (Å²) in [5, 5.41) is 8.06. The van der Waals surface area contributed by atoms with E-state index in [1.165, 1.54) is 11.4 Å². The summed E-state index contributed by atoms with van der Waals surface area (Å²) in [4.78, 5) is 0.133. The minimum Gasteiger partial charge on any atom is -0.360 e. The predicted octanol–water partition coefficient (Wildman–Crippen LogP) is 1.89. The molecule has 0 aliphatic carbocycles. The fourth-order valence-corrected chi connectivity index (χ4v) is 3.49. The Hall–Kier alpha value is -1.67. The van der Waals surface area contributed by atoms with Crippen molar-refractivity contribution in [2.45, 2.75) is 45.2 Å². The lowest BCUT2D eigenvalue weighted by Gasteiger charge is -2.15. The average molecular weight is 312 g/mol. The molecule has 8 heteroatoms. The van der Waals surface area contributed by atoms with Crippen molar-refractivity contribution >= 4 is 10.0 Å². The first-order chi connectivity index (χ1) is 9.73. The number of sulfonamides is 1. The highest BCUT2D eigenvalue weighted by atomic mass is 32.2. The van der Waals surface area contributed by atoms with Gasteiger partial charge in [-0.15, -0.1) is 0 Å². The van der Waals surface area contributed by atoms with Crippen LogP contribution in [0.25, 0.3) is 0 Å². The third-order valence-electron chi connectivity index (χ3n) is 3.21. The van der Waals surface area contributed by atoms with Crippen LogP contribution in [0.1, 0.15) is 37.0 Å². The van der Waals surface area contributed by atoms with Crippen LogP contribution < -0.4 is 0 Å². The second-order valence-corrected chi connectivity index (χ2v) is 7.28. The molecule has 116 valence electrons. The fraction of sp³-hybridized carbons (Fsp3) is 0.538. The van der Waals surface area contributed by atoms with Crippen molar-refractivity contribution < 1.29 is 12.9 Å². The zero-order chi connectivity index (χ0) is 15.8. The number of hydrogen-bond donors (Lipinski definition) is 0. The summed E-state index contributed by atoms with van der Waals surface area (Å²) in [6.07, 6.45) is 1.84. The van der Waals surface area contributed by atoms with Crippen LogP contribution in [-0.2, 0) is 16.6 Å². The Morgan fingerprint density at radius 2 is 2.05 bits per heavy atom. The minimum atomic E-state index is -3.64. The summed E-state index contributed by atoms with van der Waals surface area (Å²) in [5.74, 6) is 0.298. The minimum absolute atomic E-state index is 0.133. The van der Waals surface area contributed by atoms with Crippen molar-refractivity contribution in [2.24, 2.45) is 0 Å². The van der Waals surface area contributed by atoms with Crippen molar-refractivity contribution in [3.63, 3.8) is 0 Å². The molecule has 0 saturated heterocycles. The molecule has 0 unspecified atom stereocenters. The lowest BCUT2D eigenvalue weighted by Crippen LogP contribution is -2.27. The molecule has 0 spiro atoms. The van der Waals surface area contributed by atoms with Crippen LogP contribution in [0, 0.1) is 13.8 Å². The number of aromatic nitrogens is 3. The summed E-state index contributed by atoms with van der Waals surface area (Å²) < 4.78 is 33.1. The molecule has 2 aromatic rings. The van der Waals surface area contributed by atoms with Crippen LogP contribution in [0.4, 0.5) is 0 Å². The van der Waals surface area contributed by atoms with Crippen molar-refractivity contribution in [1.29, 1.82) is 0 Å². The fourth-order valence-electron chi connectivity index (χ4n) is 2.06. The summed E-state index contributed by atoms with van der Waals surface area (Å²) in [6, 6.07) is 2.06. The Morgan fingerprint density at radius 1 is 1.38 bits per heavy atom. The zero-order valence-corrected chi connectivity index (χ0v) is 13.7. The van der Waals surface area contributed by atoms with E-state index in [9.17, 15) is 8.42 Å². The van der Waals surface area contributed by atoms with Crippen molar-refractivity contribution in [2.75, 3.05) is 7.05 Å². The second kappa shape index (κ2) is 5.61. The molecule has 21 heavy (non-hydrogen) atoms. The van der Waals surface area contributed by atoms with E-state index in [-0.39, 0.29) is 17.5 Å². The average Bonchev–Trinajstić information content (AvgIpc) is 2.96. The highest BCUT2D eigenvalue weighted by molar-refractivity contribution is 7.89. The second-order valence-electron chi connectivity index (χ2n) is 5.30. The molecule has 2 aromatic heterocycles. The number of nitrogens with zero attached hydrogens (tertiary/aromatic N) is 4. The maximum atomic E-state index is 12.6. The highest BCUT2D eigenvalue weighted by Gasteiger charge is 2.29. The Labute approximate surface area is 124 Å².